The SMILES string of the molecule is COc1ccc(-c2cccc(-n3cncc3C(=O)N[C@@H]3C[C@H]4CC[C@H]3C4)c2)cc1OC. The highest BCUT2D eigenvalue weighted by Crippen LogP contribution is 2.44. The van der Waals surface area contributed by atoms with Crippen LogP contribution >= 0.6 is 0 Å². The minimum Gasteiger partial charge on any atom is -0.493 e. The van der Waals surface area contributed by atoms with E-state index in [1.165, 1.54) is 19.3 Å². The van der Waals surface area contributed by atoms with E-state index in [-0.39, 0.29) is 5.91 Å². The molecular formula is C25H27N3O3. The van der Waals surface area contributed by atoms with Crippen molar-refractivity contribution in [2.24, 2.45) is 11.8 Å². The van der Waals surface area contributed by atoms with Crippen molar-refractivity contribution < 1.29 is 14.3 Å². The lowest BCUT2D eigenvalue weighted by atomic mass is 9.95. The number of imidazole rings is 1. The molecule has 2 bridgehead atoms. The maximum absolute atomic E-state index is 13.0. The summed E-state index contributed by atoms with van der Waals surface area (Å²) in [5.41, 5.74) is 3.48. The van der Waals surface area contributed by atoms with Crippen molar-refractivity contribution in [1.29, 1.82) is 0 Å². The van der Waals surface area contributed by atoms with Gasteiger partial charge >= 0.3 is 0 Å². The molecule has 0 radical (unpaired) electrons. The van der Waals surface area contributed by atoms with Crippen LogP contribution in [0.5, 0.6) is 11.5 Å². The summed E-state index contributed by atoms with van der Waals surface area (Å²) >= 11 is 0. The third kappa shape index (κ3) is 3.67. The number of carbonyl (C=O) groups excluding carboxylic acids is 1. The molecule has 2 aliphatic carbocycles. The molecule has 0 saturated heterocycles. The van der Waals surface area contributed by atoms with E-state index in [0.29, 0.717) is 29.2 Å². The molecule has 0 spiro atoms. The predicted molar refractivity (Wildman–Crippen MR) is 119 cm³/mol. The van der Waals surface area contributed by atoms with Gasteiger partial charge in [0.05, 0.1) is 26.7 Å². The Bertz CT molecular complexity index is 1110. The summed E-state index contributed by atoms with van der Waals surface area (Å²) in [6.07, 6.45) is 8.27. The maximum Gasteiger partial charge on any atom is 0.270 e. The third-order valence-corrected chi connectivity index (χ3v) is 6.77. The van der Waals surface area contributed by atoms with Crippen molar-refractivity contribution in [2.45, 2.75) is 31.7 Å². The highest BCUT2D eigenvalue weighted by atomic mass is 16.5. The normalized spacial score (nSPS) is 21.8. The quantitative estimate of drug-likeness (QED) is 0.642. The standard InChI is InChI=1S/C25H27N3O3/c1-30-23-9-8-18(13-24(23)31-2)17-4-3-5-20(12-17)28-15-26-14-22(28)25(29)27-21-11-16-6-7-19(21)10-16/h3-5,8-9,12-16,19,21H,6-7,10-11H2,1-2H3,(H,27,29)/t16-,19-,21+/m0/s1. The summed E-state index contributed by atoms with van der Waals surface area (Å²) < 4.78 is 12.6. The van der Waals surface area contributed by atoms with Crippen LogP contribution in [0.15, 0.2) is 55.0 Å². The highest BCUT2D eigenvalue weighted by Gasteiger charge is 2.40. The number of hydrogen-bond donors (Lipinski definition) is 1. The Morgan fingerprint density at radius 2 is 1.87 bits per heavy atom. The first-order valence-corrected chi connectivity index (χ1v) is 10.8. The summed E-state index contributed by atoms with van der Waals surface area (Å²) in [5, 5.41) is 3.27. The summed E-state index contributed by atoms with van der Waals surface area (Å²) in [4.78, 5) is 17.3. The average Bonchev–Trinajstić information content (AvgIpc) is 3.56. The number of aromatic nitrogens is 2. The van der Waals surface area contributed by atoms with Gasteiger partial charge in [0.15, 0.2) is 11.5 Å². The number of nitrogens with zero attached hydrogens (tertiary/aromatic N) is 2. The topological polar surface area (TPSA) is 65.4 Å². The zero-order chi connectivity index (χ0) is 21.4. The van der Waals surface area contributed by atoms with Crippen LogP contribution in [0.25, 0.3) is 16.8 Å². The van der Waals surface area contributed by atoms with E-state index in [0.717, 1.165) is 29.2 Å². The van der Waals surface area contributed by atoms with Gasteiger partial charge in [0.2, 0.25) is 0 Å². The van der Waals surface area contributed by atoms with E-state index in [1.807, 2.05) is 41.0 Å². The van der Waals surface area contributed by atoms with E-state index in [4.69, 9.17) is 9.47 Å². The number of ether oxygens (including phenoxy) is 2. The lowest BCUT2D eigenvalue weighted by Crippen LogP contribution is -2.39. The van der Waals surface area contributed by atoms with Crippen LogP contribution in [0, 0.1) is 11.8 Å². The van der Waals surface area contributed by atoms with Gasteiger partial charge < -0.3 is 14.8 Å². The number of nitrogens with one attached hydrogen (secondary N) is 1. The number of rotatable bonds is 6. The van der Waals surface area contributed by atoms with Crippen LogP contribution in [0.1, 0.15) is 36.2 Å². The first kappa shape index (κ1) is 19.7. The Morgan fingerprint density at radius 3 is 2.61 bits per heavy atom. The first-order valence-electron chi connectivity index (χ1n) is 10.8. The van der Waals surface area contributed by atoms with Gasteiger partial charge in [-0.1, -0.05) is 24.6 Å². The molecule has 2 saturated carbocycles. The fraction of sp³-hybridized carbons (Fsp3) is 0.360. The summed E-state index contributed by atoms with van der Waals surface area (Å²) in [7, 11) is 3.26. The van der Waals surface area contributed by atoms with Gasteiger partial charge in [0.25, 0.3) is 5.91 Å². The fourth-order valence-corrected chi connectivity index (χ4v) is 5.18. The fourth-order valence-electron chi connectivity index (χ4n) is 5.18. The van der Waals surface area contributed by atoms with Gasteiger partial charge in [0.1, 0.15) is 5.69 Å². The Morgan fingerprint density at radius 1 is 1.03 bits per heavy atom. The molecule has 2 aliphatic rings. The summed E-state index contributed by atoms with van der Waals surface area (Å²) in [6.45, 7) is 0. The van der Waals surface area contributed by atoms with Crippen LogP contribution in [0.4, 0.5) is 0 Å². The zero-order valence-corrected chi connectivity index (χ0v) is 17.9. The molecule has 0 aliphatic heterocycles. The molecular weight excluding hydrogens is 390 g/mol. The Kier molecular flexibility index (Phi) is 5.14. The molecule has 2 fully saturated rings. The van der Waals surface area contributed by atoms with Gasteiger partial charge in [-0.15, -0.1) is 0 Å². The number of methoxy groups -OCH3 is 2. The molecule has 1 aromatic heterocycles. The molecule has 1 heterocycles. The third-order valence-electron chi connectivity index (χ3n) is 6.77. The Hall–Kier alpha value is -3.28. The Balaban J connectivity index is 1.41. The largest absolute Gasteiger partial charge is 0.493 e. The van der Waals surface area contributed by atoms with E-state index >= 15 is 0 Å². The summed E-state index contributed by atoms with van der Waals surface area (Å²) in [5.74, 6) is 2.75. The maximum atomic E-state index is 13.0. The Labute approximate surface area is 182 Å². The van der Waals surface area contributed by atoms with Gasteiger partial charge in [-0.3, -0.25) is 9.36 Å². The molecule has 2 aromatic carbocycles. The van der Waals surface area contributed by atoms with Crippen molar-refractivity contribution in [1.82, 2.24) is 14.9 Å². The van der Waals surface area contributed by atoms with Crippen LogP contribution in [-0.2, 0) is 0 Å². The average molecular weight is 418 g/mol. The minimum atomic E-state index is -0.0495. The number of carbonyl (C=O) groups is 1. The lowest BCUT2D eigenvalue weighted by molar-refractivity contribution is 0.0916. The molecule has 3 atom stereocenters. The minimum absolute atomic E-state index is 0.0495. The molecule has 1 amide bonds. The smallest absolute Gasteiger partial charge is 0.270 e. The molecule has 160 valence electrons. The first-order chi connectivity index (χ1) is 15.2. The molecule has 6 heteroatoms. The van der Waals surface area contributed by atoms with Gasteiger partial charge in [-0.25, -0.2) is 4.98 Å². The van der Waals surface area contributed by atoms with Crippen molar-refractivity contribution in [3.8, 4) is 28.3 Å². The second-order valence-corrected chi connectivity index (χ2v) is 8.52. The molecule has 3 aromatic rings. The number of fused-ring (bicyclic) bond motifs is 2. The van der Waals surface area contributed by atoms with Crippen molar-refractivity contribution in [3.05, 3.63) is 60.7 Å². The van der Waals surface area contributed by atoms with Crippen LogP contribution in [0.2, 0.25) is 0 Å². The van der Waals surface area contributed by atoms with Crippen molar-refractivity contribution in [2.75, 3.05) is 14.2 Å². The summed E-state index contributed by atoms with van der Waals surface area (Å²) in [6, 6.07) is 14.2. The molecule has 1 N–H and O–H groups in total. The monoisotopic (exact) mass is 417 g/mol. The van der Waals surface area contributed by atoms with E-state index in [9.17, 15) is 4.79 Å². The second-order valence-electron chi connectivity index (χ2n) is 8.52. The lowest BCUT2D eigenvalue weighted by Gasteiger charge is -2.23. The highest BCUT2D eigenvalue weighted by molar-refractivity contribution is 5.93. The van der Waals surface area contributed by atoms with Crippen LogP contribution < -0.4 is 14.8 Å². The second kappa shape index (κ2) is 8.10. The molecule has 5 rings (SSSR count). The van der Waals surface area contributed by atoms with E-state index in [2.05, 4.69) is 16.4 Å². The van der Waals surface area contributed by atoms with Gasteiger partial charge in [0, 0.05) is 11.7 Å². The number of amides is 1. The predicted octanol–water partition coefficient (Wildman–Crippen LogP) is 4.47. The molecule has 31 heavy (non-hydrogen) atoms. The molecule has 0 unspecified atom stereocenters. The van der Waals surface area contributed by atoms with Crippen LogP contribution in [-0.4, -0.2) is 35.7 Å². The zero-order valence-electron chi connectivity index (χ0n) is 17.9. The van der Waals surface area contributed by atoms with E-state index in [1.54, 1.807) is 26.7 Å². The van der Waals surface area contributed by atoms with Crippen molar-refractivity contribution >= 4 is 5.91 Å². The van der Waals surface area contributed by atoms with Gasteiger partial charge in [-0.05, 0) is 66.5 Å². The number of benzene rings is 2. The van der Waals surface area contributed by atoms with Crippen molar-refractivity contribution in [3.63, 3.8) is 0 Å². The number of hydrogen-bond acceptors (Lipinski definition) is 4. The van der Waals surface area contributed by atoms with Crippen LogP contribution in [0.3, 0.4) is 0 Å². The van der Waals surface area contributed by atoms with E-state index < -0.39 is 0 Å². The van der Waals surface area contributed by atoms with Gasteiger partial charge in [-0.2, -0.15) is 0 Å². The molecule has 6 nitrogen and oxygen atoms in total.